The molecule has 0 bridgehead atoms. The minimum absolute atomic E-state index is 0. The maximum atomic E-state index is 10.8. The molecular formula is C23H33Cl2NOPTi-. The van der Waals surface area contributed by atoms with E-state index in [-0.39, 0.29) is 18.4 Å². The molecule has 0 spiro atoms. The van der Waals surface area contributed by atoms with Crippen molar-refractivity contribution in [2.24, 2.45) is 4.99 Å². The molecule has 0 fully saturated rings. The van der Waals surface area contributed by atoms with E-state index in [1.165, 1.54) is 10.9 Å². The molecule has 1 N–H and O–H groups in total. The Balaban J connectivity index is 0.00000184. The number of hydrogen-bond donors (Lipinski definition) is 1. The van der Waals surface area contributed by atoms with Gasteiger partial charge in [-0.25, -0.2) is 0 Å². The Labute approximate surface area is 196 Å². The van der Waals surface area contributed by atoms with E-state index < -0.39 is 17.0 Å². The van der Waals surface area contributed by atoms with Crippen molar-refractivity contribution < 1.29 is 22.1 Å². The van der Waals surface area contributed by atoms with Crippen molar-refractivity contribution in [3.63, 3.8) is 0 Å². The maximum absolute atomic E-state index is 10.8. The summed E-state index contributed by atoms with van der Waals surface area (Å²) in [6.45, 7) is 14.8. The van der Waals surface area contributed by atoms with Crippen molar-refractivity contribution in [3.05, 3.63) is 60.5 Å². The van der Waals surface area contributed by atoms with Crippen LogP contribution in [0.5, 0.6) is 5.75 Å². The van der Waals surface area contributed by atoms with Crippen LogP contribution in [-0.4, -0.2) is 16.9 Å². The van der Waals surface area contributed by atoms with E-state index >= 15 is 0 Å². The Morgan fingerprint density at radius 1 is 1.00 bits per heavy atom. The number of rotatable bonds is 3. The summed E-state index contributed by atoms with van der Waals surface area (Å²) >= 11 is -0.556. The summed E-state index contributed by atoms with van der Waals surface area (Å²) < 4.78 is 0. The SMILES string of the molecule is Cc1cc(Pc2ccccc2C=NC(C)(C)C)c(O)c(C(C)(C)C)c1.[CH3-].[Cl][Ti][Cl]. The zero-order valence-corrected chi connectivity index (χ0v) is 22.8. The number of phenolic OH excluding ortho intramolecular Hbond substituents is 1. The van der Waals surface area contributed by atoms with Gasteiger partial charge in [0.05, 0.1) is 5.54 Å². The van der Waals surface area contributed by atoms with Crippen LogP contribution in [0.15, 0.2) is 41.4 Å². The fourth-order valence-corrected chi connectivity index (χ4v) is 3.89. The number of aliphatic imine (C=N–C) groups is 1. The van der Waals surface area contributed by atoms with E-state index in [0.29, 0.717) is 14.3 Å². The summed E-state index contributed by atoms with van der Waals surface area (Å²) in [6.07, 6.45) is 1.96. The molecule has 0 aliphatic heterocycles. The van der Waals surface area contributed by atoms with Crippen LogP contribution in [0, 0.1) is 14.4 Å². The molecule has 0 saturated carbocycles. The summed E-state index contributed by atoms with van der Waals surface area (Å²) in [5, 5.41) is 13.0. The molecule has 6 heteroatoms. The Morgan fingerprint density at radius 3 is 2.07 bits per heavy atom. The Hall–Kier alpha value is -0.366. The average molecular weight is 489 g/mol. The van der Waals surface area contributed by atoms with Crippen molar-refractivity contribution in [2.45, 2.75) is 59.4 Å². The average Bonchev–Trinajstić information content (AvgIpc) is 2.56. The van der Waals surface area contributed by atoms with Gasteiger partial charge >= 0.3 is 35.6 Å². The number of phenols is 1. The number of benzene rings is 2. The van der Waals surface area contributed by atoms with E-state index in [9.17, 15) is 5.11 Å². The van der Waals surface area contributed by atoms with E-state index in [2.05, 4.69) is 77.7 Å². The van der Waals surface area contributed by atoms with Gasteiger partial charge in [0.1, 0.15) is 5.75 Å². The van der Waals surface area contributed by atoms with Gasteiger partial charge in [0.25, 0.3) is 0 Å². The summed E-state index contributed by atoms with van der Waals surface area (Å²) in [5.41, 5.74) is 3.14. The molecule has 160 valence electrons. The van der Waals surface area contributed by atoms with Gasteiger partial charge in [0.15, 0.2) is 0 Å². The third-order valence-corrected chi connectivity index (χ3v) is 5.26. The molecule has 0 heterocycles. The van der Waals surface area contributed by atoms with Gasteiger partial charge in [-0.15, -0.1) is 0 Å². The number of hydrogen-bond acceptors (Lipinski definition) is 2. The van der Waals surface area contributed by atoms with Gasteiger partial charge in [-0.2, -0.15) is 0 Å². The second-order valence-electron chi connectivity index (χ2n) is 8.67. The van der Waals surface area contributed by atoms with Gasteiger partial charge in [-0.1, -0.05) is 59.7 Å². The number of nitrogens with zero attached hydrogens (tertiary/aromatic N) is 1. The van der Waals surface area contributed by atoms with Crippen molar-refractivity contribution in [1.82, 2.24) is 0 Å². The van der Waals surface area contributed by atoms with Gasteiger partial charge in [-0.3, -0.25) is 4.99 Å². The van der Waals surface area contributed by atoms with E-state index in [1.807, 2.05) is 18.3 Å². The molecule has 0 aliphatic rings. The number of halogens is 2. The Morgan fingerprint density at radius 2 is 1.55 bits per heavy atom. The first-order chi connectivity index (χ1) is 12.9. The van der Waals surface area contributed by atoms with E-state index in [0.717, 1.165) is 16.4 Å². The second kappa shape index (κ2) is 12.5. The zero-order chi connectivity index (χ0) is 21.5. The molecule has 2 aromatic rings. The third-order valence-electron chi connectivity index (χ3n) is 3.88. The quantitative estimate of drug-likeness (QED) is 0.222. The molecule has 1 unspecified atom stereocenters. The Kier molecular flexibility index (Phi) is 12.3. The molecular weight excluding hydrogens is 456 g/mol. The molecule has 0 radical (unpaired) electrons. The van der Waals surface area contributed by atoms with Crippen LogP contribution in [0.4, 0.5) is 0 Å². The van der Waals surface area contributed by atoms with Crippen LogP contribution in [0.1, 0.15) is 58.2 Å². The van der Waals surface area contributed by atoms with Crippen LogP contribution in [0.3, 0.4) is 0 Å². The number of aromatic hydroxyl groups is 1. The first kappa shape index (κ1) is 28.6. The molecule has 29 heavy (non-hydrogen) atoms. The van der Waals surface area contributed by atoms with Crippen LogP contribution >= 0.6 is 27.2 Å². The normalized spacial score (nSPS) is 11.9. The van der Waals surface area contributed by atoms with Crippen molar-refractivity contribution >= 4 is 44.0 Å². The van der Waals surface area contributed by atoms with E-state index in [1.54, 1.807) is 0 Å². The Bertz CT molecular complexity index is 812. The first-order valence-electron chi connectivity index (χ1n) is 9.10. The minimum atomic E-state index is -0.556. The van der Waals surface area contributed by atoms with Gasteiger partial charge in [0, 0.05) is 22.6 Å². The summed E-state index contributed by atoms with van der Waals surface area (Å²) in [7, 11) is 10.2. The van der Waals surface area contributed by atoms with Crippen LogP contribution in [0.25, 0.3) is 0 Å². The van der Waals surface area contributed by atoms with E-state index in [4.69, 9.17) is 18.6 Å². The monoisotopic (exact) mass is 488 g/mol. The van der Waals surface area contributed by atoms with Gasteiger partial charge in [-0.05, 0) is 50.0 Å². The van der Waals surface area contributed by atoms with Gasteiger partial charge < -0.3 is 12.5 Å². The van der Waals surface area contributed by atoms with Crippen molar-refractivity contribution in [2.75, 3.05) is 0 Å². The molecule has 2 aromatic carbocycles. The third kappa shape index (κ3) is 9.99. The molecule has 2 rings (SSSR count). The van der Waals surface area contributed by atoms with Gasteiger partial charge in [0.2, 0.25) is 0 Å². The fraction of sp³-hybridized carbons (Fsp3) is 0.391. The predicted octanol–water partition coefficient (Wildman–Crippen LogP) is 6.67. The molecule has 2 nitrogen and oxygen atoms in total. The fourth-order valence-electron chi connectivity index (χ4n) is 2.58. The van der Waals surface area contributed by atoms with Crippen LogP contribution in [-0.2, 0) is 22.4 Å². The first-order valence-corrected chi connectivity index (χ1v) is 14.4. The van der Waals surface area contributed by atoms with Crippen LogP contribution in [0.2, 0.25) is 0 Å². The molecule has 0 amide bonds. The molecule has 1 atom stereocenters. The summed E-state index contributed by atoms with van der Waals surface area (Å²) in [5.74, 6) is 0.430. The van der Waals surface area contributed by atoms with Crippen molar-refractivity contribution in [1.29, 1.82) is 0 Å². The molecule has 0 aromatic heterocycles. The van der Waals surface area contributed by atoms with Crippen molar-refractivity contribution in [3.8, 4) is 5.75 Å². The van der Waals surface area contributed by atoms with Crippen LogP contribution < -0.4 is 10.6 Å². The molecule has 0 aliphatic carbocycles. The standard InChI is InChI=1S/C22H30NOP.CH3.2ClH.Ti/c1-15-12-17(21(2,3)4)20(24)19(13-15)25-18-11-9-8-10-16(18)14-23-22(5,6)7;;;;/h8-14,24-25H,1-7H3;1H3;2*1H;/q;-1;;;+2/p-2. The zero-order valence-electron chi connectivity index (χ0n) is 18.7. The second-order valence-corrected chi connectivity index (χ2v) is 12.6. The predicted molar refractivity (Wildman–Crippen MR) is 131 cm³/mol. The topological polar surface area (TPSA) is 32.6 Å². The summed E-state index contributed by atoms with van der Waals surface area (Å²) in [4.78, 5) is 4.64. The molecule has 0 saturated heterocycles. The number of aryl methyl sites for hydroxylation is 1. The summed E-state index contributed by atoms with van der Waals surface area (Å²) in [6, 6.07) is 12.5.